The number of aliphatic hydroxyl groups is 1. The summed E-state index contributed by atoms with van der Waals surface area (Å²) in [5, 5.41) is 9.72. The van der Waals surface area contributed by atoms with Gasteiger partial charge in [-0.15, -0.1) is 0 Å². The average Bonchev–Trinajstić information content (AvgIpc) is 2.20. The highest BCUT2D eigenvalue weighted by atomic mass is 19.1. The lowest BCUT2D eigenvalue weighted by Gasteiger charge is -2.20. The maximum atomic E-state index is 13.2. The minimum absolute atomic E-state index is 0.105. The van der Waals surface area contributed by atoms with Crippen LogP contribution >= 0.6 is 0 Å². The van der Waals surface area contributed by atoms with Crippen molar-refractivity contribution in [3.63, 3.8) is 0 Å². The fraction of sp³-hybridized carbons (Fsp3) is 0.364. The number of hydrogen-bond donors (Lipinski definition) is 1. The summed E-state index contributed by atoms with van der Waals surface area (Å²) in [7, 11) is 1.18. The second-order valence-corrected chi connectivity index (χ2v) is 3.53. The SMILES string of the molecule is COC(=O)C(C)(O)Cc1ccccc1F. The molecule has 0 bridgehead atoms. The van der Waals surface area contributed by atoms with Crippen LogP contribution in [0.4, 0.5) is 4.39 Å². The smallest absolute Gasteiger partial charge is 0.337 e. The number of rotatable bonds is 3. The minimum atomic E-state index is -1.70. The van der Waals surface area contributed by atoms with Crippen molar-refractivity contribution in [3.8, 4) is 0 Å². The lowest BCUT2D eigenvalue weighted by Crippen LogP contribution is -2.38. The van der Waals surface area contributed by atoms with Crippen molar-refractivity contribution in [1.82, 2.24) is 0 Å². The number of methoxy groups -OCH3 is 1. The van der Waals surface area contributed by atoms with Gasteiger partial charge < -0.3 is 9.84 Å². The minimum Gasteiger partial charge on any atom is -0.467 e. The quantitative estimate of drug-likeness (QED) is 0.768. The molecule has 1 aromatic carbocycles. The monoisotopic (exact) mass is 212 g/mol. The van der Waals surface area contributed by atoms with Crippen LogP contribution in [0.3, 0.4) is 0 Å². The van der Waals surface area contributed by atoms with Gasteiger partial charge in [0.1, 0.15) is 5.82 Å². The van der Waals surface area contributed by atoms with E-state index in [1.54, 1.807) is 12.1 Å². The Hall–Kier alpha value is -1.42. The number of carbonyl (C=O) groups excluding carboxylic acids is 1. The van der Waals surface area contributed by atoms with Gasteiger partial charge in [0.15, 0.2) is 5.60 Å². The summed E-state index contributed by atoms with van der Waals surface area (Å²) < 4.78 is 17.6. The van der Waals surface area contributed by atoms with Crippen LogP contribution in [-0.4, -0.2) is 23.8 Å². The van der Waals surface area contributed by atoms with E-state index in [1.807, 2.05) is 0 Å². The number of esters is 1. The first-order valence-electron chi connectivity index (χ1n) is 4.51. The van der Waals surface area contributed by atoms with E-state index in [0.29, 0.717) is 0 Å². The molecular formula is C11H13FO3. The second-order valence-electron chi connectivity index (χ2n) is 3.53. The van der Waals surface area contributed by atoms with Gasteiger partial charge in [-0.25, -0.2) is 9.18 Å². The summed E-state index contributed by atoms with van der Waals surface area (Å²) >= 11 is 0. The molecule has 0 fully saturated rings. The summed E-state index contributed by atoms with van der Waals surface area (Å²) in [5.74, 6) is -1.22. The van der Waals surface area contributed by atoms with Crippen LogP contribution in [0.1, 0.15) is 12.5 Å². The fourth-order valence-corrected chi connectivity index (χ4v) is 1.30. The molecule has 0 saturated carbocycles. The van der Waals surface area contributed by atoms with Crippen LogP contribution in [0, 0.1) is 5.82 Å². The molecule has 15 heavy (non-hydrogen) atoms. The van der Waals surface area contributed by atoms with E-state index in [1.165, 1.54) is 26.2 Å². The zero-order valence-electron chi connectivity index (χ0n) is 8.66. The van der Waals surface area contributed by atoms with Crippen LogP contribution in [0.15, 0.2) is 24.3 Å². The molecule has 3 nitrogen and oxygen atoms in total. The second kappa shape index (κ2) is 4.40. The molecule has 82 valence electrons. The Bertz CT molecular complexity index is 361. The van der Waals surface area contributed by atoms with E-state index in [2.05, 4.69) is 4.74 Å². The van der Waals surface area contributed by atoms with E-state index in [9.17, 15) is 14.3 Å². The Labute approximate surface area is 87.5 Å². The molecule has 0 radical (unpaired) electrons. The molecule has 1 rings (SSSR count). The van der Waals surface area contributed by atoms with Gasteiger partial charge in [-0.1, -0.05) is 18.2 Å². The topological polar surface area (TPSA) is 46.5 Å². The highest BCUT2D eigenvalue weighted by Crippen LogP contribution is 2.17. The van der Waals surface area contributed by atoms with Crippen LogP contribution in [-0.2, 0) is 16.0 Å². The molecule has 1 atom stereocenters. The molecule has 0 saturated heterocycles. The molecule has 0 spiro atoms. The maximum absolute atomic E-state index is 13.2. The van der Waals surface area contributed by atoms with E-state index >= 15 is 0 Å². The fourth-order valence-electron chi connectivity index (χ4n) is 1.30. The lowest BCUT2D eigenvalue weighted by atomic mass is 9.96. The van der Waals surface area contributed by atoms with Crippen molar-refractivity contribution in [3.05, 3.63) is 35.6 Å². The Balaban J connectivity index is 2.86. The van der Waals surface area contributed by atoms with Gasteiger partial charge in [-0.2, -0.15) is 0 Å². The Morgan fingerprint density at radius 1 is 1.53 bits per heavy atom. The molecule has 0 heterocycles. The van der Waals surface area contributed by atoms with Crippen molar-refractivity contribution in [2.24, 2.45) is 0 Å². The number of benzene rings is 1. The predicted molar refractivity (Wildman–Crippen MR) is 52.7 cm³/mol. The molecule has 0 aromatic heterocycles. The van der Waals surface area contributed by atoms with Gasteiger partial charge in [0, 0.05) is 6.42 Å². The van der Waals surface area contributed by atoms with Crippen LogP contribution < -0.4 is 0 Å². The summed E-state index contributed by atoms with van der Waals surface area (Å²) in [6, 6.07) is 5.99. The van der Waals surface area contributed by atoms with E-state index < -0.39 is 17.4 Å². The van der Waals surface area contributed by atoms with Gasteiger partial charge in [-0.05, 0) is 18.6 Å². The van der Waals surface area contributed by atoms with Gasteiger partial charge in [0.2, 0.25) is 0 Å². The summed E-state index contributed by atoms with van der Waals surface area (Å²) in [6.07, 6.45) is -0.105. The number of carbonyl (C=O) groups is 1. The van der Waals surface area contributed by atoms with Crippen molar-refractivity contribution in [1.29, 1.82) is 0 Å². The molecule has 1 unspecified atom stereocenters. The Morgan fingerprint density at radius 3 is 2.67 bits per heavy atom. The summed E-state index contributed by atoms with van der Waals surface area (Å²) in [4.78, 5) is 11.2. The van der Waals surface area contributed by atoms with Crippen LogP contribution in [0.5, 0.6) is 0 Å². The van der Waals surface area contributed by atoms with E-state index in [-0.39, 0.29) is 12.0 Å². The molecule has 1 aromatic rings. The molecular weight excluding hydrogens is 199 g/mol. The van der Waals surface area contributed by atoms with Gasteiger partial charge in [-0.3, -0.25) is 0 Å². The third-order valence-electron chi connectivity index (χ3n) is 2.12. The molecule has 0 aliphatic carbocycles. The zero-order chi connectivity index (χ0) is 11.5. The summed E-state index contributed by atoms with van der Waals surface area (Å²) in [5.41, 5.74) is -1.41. The summed E-state index contributed by atoms with van der Waals surface area (Å²) in [6.45, 7) is 1.30. The first-order valence-corrected chi connectivity index (χ1v) is 4.51. The zero-order valence-corrected chi connectivity index (χ0v) is 8.66. The highest BCUT2D eigenvalue weighted by Gasteiger charge is 2.32. The molecule has 0 aliphatic heterocycles. The number of halogens is 1. The third-order valence-corrected chi connectivity index (χ3v) is 2.12. The number of ether oxygens (including phenoxy) is 1. The van der Waals surface area contributed by atoms with E-state index in [4.69, 9.17) is 0 Å². The van der Waals surface area contributed by atoms with Gasteiger partial charge in [0.05, 0.1) is 7.11 Å². The maximum Gasteiger partial charge on any atom is 0.337 e. The standard InChI is InChI=1S/C11H13FO3/c1-11(14,10(13)15-2)7-8-5-3-4-6-9(8)12/h3-6,14H,7H2,1-2H3. The largest absolute Gasteiger partial charge is 0.467 e. The lowest BCUT2D eigenvalue weighted by molar-refractivity contribution is -0.160. The Morgan fingerprint density at radius 2 is 2.13 bits per heavy atom. The van der Waals surface area contributed by atoms with Gasteiger partial charge in [0.25, 0.3) is 0 Å². The van der Waals surface area contributed by atoms with Gasteiger partial charge >= 0.3 is 5.97 Å². The molecule has 4 heteroatoms. The van der Waals surface area contributed by atoms with Crippen molar-refractivity contribution in [2.45, 2.75) is 18.9 Å². The predicted octanol–water partition coefficient (Wildman–Crippen LogP) is 1.29. The first-order chi connectivity index (χ1) is 6.97. The van der Waals surface area contributed by atoms with Crippen molar-refractivity contribution >= 4 is 5.97 Å². The van der Waals surface area contributed by atoms with Crippen molar-refractivity contribution in [2.75, 3.05) is 7.11 Å². The highest BCUT2D eigenvalue weighted by molar-refractivity contribution is 5.79. The molecule has 1 N–H and O–H groups in total. The van der Waals surface area contributed by atoms with Crippen molar-refractivity contribution < 1.29 is 19.0 Å². The first kappa shape index (κ1) is 11.7. The van der Waals surface area contributed by atoms with E-state index in [0.717, 1.165) is 0 Å². The Kier molecular flexibility index (Phi) is 3.42. The number of hydrogen-bond acceptors (Lipinski definition) is 3. The van der Waals surface area contributed by atoms with Crippen LogP contribution in [0.25, 0.3) is 0 Å². The average molecular weight is 212 g/mol. The normalized spacial score (nSPS) is 14.4. The molecule has 0 aliphatic rings. The molecule has 0 amide bonds. The van der Waals surface area contributed by atoms with Crippen LogP contribution in [0.2, 0.25) is 0 Å². The third kappa shape index (κ3) is 2.76.